The first-order valence-corrected chi connectivity index (χ1v) is 12.0. The summed E-state index contributed by atoms with van der Waals surface area (Å²) in [6, 6.07) is 11.5. The minimum Gasteiger partial charge on any atom is -0.497 e. The Balaban J connectivity index is 1.66. The summed E-state index contributed by atoms with van der Waals surface area (Å²) in [5.41, 5.74) is 3.51. The van der Waals surface area contributed by atoms with Crippen LogP contribution >= 0.6 is 0 Å². The van der Waals surface area contributed by atoms with Crippen molar-refractivity contribution in [3.8, 4) is 5.75 Å². The van der Waals surface area contributed by atoms with Crippen LogP contribution < -0.4 is 10.1 Å². The topological polar surface area (TPSA) is 87.0 Å². The van der Waals surface area contributed by atoms with E-state index in [-0.39, 0.29) is 24.4 Å². The first-order chi connectivity index (χ1) is 16.8. The number of esters is 1. The molecule has 1 aromatic carbocycles. The van der Waals surface area contributed by atoms with Crippen molar-refractivity contribution in [3.05, 3.63) is 76.0 Å². The number of nitrogens with one attached hydrogen (secondary N) is 1. The highest BCUT2D eigenvalue weighted by Crippen LogP contribution is 2.46. The van der Waals surface area contributed by atoms with Crippen molar-refractivity contribution >= 4 is 11.8 Å². The summed E-state index contributed by atoms with van der Waals surface area (Å²) in [5.74, 6) is 0.956. The lowest BCUT2D eigenvalue weighted by Gasteiger charge is -2.35. The quantitative estimate of drug-likeness (QED) is 0.424. The number of aryl methyl sites for hydroxylation is 1. The van der Waals surface area contributed by atoms with E-state index in [2.05, 4.69) is 5.32 Å². The number of carbonyl (C=O) groups is 2. The largest absolute Gasteiger partial charge is 0.497 e. The maximum Gasteiger partial charge on any atom is 0.336 e. The third kappa shape index (κ3) is 5.35. The third-order valence-electron chi connectivity index (χ3n) is 6.43. The molecule has 1 aliphatic heterocycles. The lowest BCUT2D eigenvalue weighted by Crippen LogP contribution is -2.36. The molecule has 1 aromatic heterocycles. The van der Waals surface area contributed by atoms with E-state index in [1.807, 2.05) is 64.1 Å². The minimum atomic E-state index is -0.614. The molecule has 2 aromatic rings. The van der Waals surface area contributed by atoms with E-state index >= 15 is 0 Å². The molecule has 2 atom stereocenters. The Morgan fingerprint density at radius 1 is 1.14 bits per heavy atom. The molecule has 4 rings (SSSR count). The van der Waals surface area contributed by atoms with E-state index in [0.29, 0.717) is 47.8 Å². The molecule has 2 heterocycles. The van der Waals surface area contributed by atoms with Crippen molar-refractivity contribution in [1.29, 1.82) is 0 Å². The molecule has 7 heteroatoms. The minimum absolute atomic E-state index is 0.00781. The summed E-state index contributed by atoms with van der Waals surface area (Å²) in [4.78, 5) is 26.8. The second-order valence-electron chi connectivity index (χ2n) is 9.30. The molecule has 7 nitrogen and oxygen atoms in total. The number of ether oxygens (including phenoxy) is 3. The van der Waals surface area contributed by atoms with Gasteiger partial charge in [0.05, 0.1) is 31.3 Å². The molecule has 0 unspecified atom stereocenters. The van der Waals surface area contributed by atoms with Crippen LogP contribution in [0.25, 0.3) is 0 Å². The zero-order chi connectivity index (χ0) is 25.1. The average Bonchev–Trinajstić information content (AvgIpc) is 3.26. The van der Waals surface area contributed by atoms with Gasteiger partial charge in [-0.15, -0.1) is 0 Å². The van der Waals surface area contributed by atoms with Crippen LogP contribution in [0.5, 0.6) is 5.75 Å². The molecular weight excluding hydrogens is 446 g/mol. The predicted octanol–water partition coefficient (Wildman–Crippen LogP) is 4.93. The molecule has 0 bridgehead atoms. The number of Topliss-reactive ketones (excluding diaryl/α,β-unsaturated/α-hetero) is 1. The Hall–Kier alpha value is -3.32. The summed E-state index contributed by atoms with van der Waals surface area (Å²) in [7, 11) is 1.63. The SMILES string of the molecule is COc1cccc([C@H]2CC(=O)C3=C(C2)NC(C)=C(C(=O)OCCOC(C)C)[C@H]3c2ccc(C)o2)c1. The van der Waals surface area contributed by atoms with Crippen LogP contribution in [0.2, 0.25) is 0 Å². The summed E-state index contributed by atoms with van der Waals surface area (Å²) < 4.78 is 22.4. The lowest BCUT2D eigenvalue weighted by molar-refractivity contribution is -0.141. The summed E-state index contributed by atoms with van der Waals surface area (Å²) in [5, 5.41) is 3.36. The Kier molecular flexibility index (Phi) is 7.45. The first-order valence-electron chi connectivity index (χ1n) is 12.0. The van der Waals surface area contributed by atoms with Crippen molar-refractivity contribution in [2.24, 2.45) is 0 Å². The highest BCUT2D eigenvalue weighted by Gasteiger charge is 2.42. The van der Waals surface area contributed by atoms with Crippen molar-refractivity contribution in [2.75, 3.05) is 20.3 Å². The van der Waals surface area contributed by atoms with Crippen LogP contribution in [0.15, 0.2) is 63.4 Å². The highest BCUT2D eigenvalue weighted by molar-refractivity contribution is 6.04. The van der Waals surface area contributed by atoms with Crippen LogP contribution in [0, 0.1) is 6.92 Å². The molecule has 0 fully saturated rings. The summed E-state index contributed by atoms with van der Waals surface area (Å²) in [6.07, 6.45) is 1.04. The number of carbonyl (C=O) groups excluding carboxylic acids is 2. The second-order valence-corrected chi connectivity index (χ2v) is 9.30. The maximum absolute atomic E-state index is 13.6. The second kappa shape index (κ2) is 10.5. The van der Waals surface area contributed by atoms with Crippen LogP contribution in [0.1, 0.15) is 62.5 Å². The van der Waals surface area contributed by atoms with Gasteiger partial charge in [-0.3, -0.25) is 4.79 Å². The van der Waals surface area contributed by atoms with Crippen molar-refractivity contribution in [2.45, 2.75) is 58.5 Å². The number of ketones is 1. The number of rotatable bonds is 8. The number of allylic oxidation sites excluding steroid dienone is 3. The fraction of sp³-hybridized carbons (Fsp3) is 0.429. The van der Waals surface area contributed by atoms with E-state index < -0.39 is 11.9 Å². The van der Waals surface area contributed by atoms with E-state index in [4.69, 9.17) is 18.6 Å². The molecule has 0 amide bonds. The molecule has 0 spiro atoms. The average molecular weight is 480 g/mol. The Morgan fingerprint density at radius 3 is 2.63 bits per heavy atom. The van der Waals surface area contributed by atoms with Gasteiger partial charge in [0.1, 0.15) is 23.9 Å². The van der Waals surface area contributed by atoms with Crippen LogP contribution in [-0.4, -0.2) is 38.2 Å². The van der Waals surface area contributed by atoms with Gasteiger partial charge in [-0.2, -0.15) is 0 Å². The standard InChI is InChI=1S/C28H33NO6/c1-16(2)33-11-12-34-28(31)25-18(4)29-22-14-20(19-7-6-8-21(13-19)32-5)15-23(30)26(22)27(25)24-10-9-17(3)35-24/h6-10,13,16,20,27,29H,11-12,14-15H2,1-5H3/t20-,27-/m1/s1. The van der Waals surface area contributed by atoms with Gasteiger partial charge in [0.25, 0.3) is 0 Å². The lowest BCUT2D eigenvalue weighted by atomic mass is 9.73. The van der Waals surface area contributed by atoms with E-state index in [0.717, 1.165) is 17.0 Å². The summed E-state index contributed by atoms with van der Waals surface area (Å²) >= 11 is 0. The number of hydrogen-bond donors (Lipinski definition) is 1. The number of furan rings is 1. The highest BCUT2D eigenvalue weighted by atomic mass is 16.6. The molecular formula is C28H33NO6. The van der Waals surface area contributed by atoms with Gasteiger partial charge in [0.2, 0.25) is 0 Å². The Labute approximate surface area is 206 Å². The van der Waals surface area contributed by atoms with Gasteiger partial charge in [-0.05, 0) is 69.9 Å². The van der Waals surface area contributed by atoms with E-state index in [1.165, 1.54) is 0 Å². The van der Waals surface area contributed by atoms with Crippen molar-refractivity contribution in [1.82, 2.24) is 5.32 Å². The molecule has 0 radical (unpaired) electrons. The Morgan fingerprint density at radius 2 is 1.94 bits per heavy atom. The number of dihydropyridines is 1. The molecule has 1 aliphatic carbocycles. The maximum atomic E-state index is 13.6. The smallest absolute Gasteiger partial charge is 0.336 e. The van der Waals surface area contributed by atoms with Gasteiger partial charge in [0, 0.05) is 23.4 Å². The van der Waals surface area contributed by atoms with Crippen LogP contribution in [0.3, 0.4) is 0 Å². The van der Waals surface area contributed by atoms with Gasteiger partial charge >= 0.3 is 5.97 Å². The summed E-state index contributed by atoms with van der Waals surface area (Å²) in [6.45, 7) is 7.98. The Bertz CT molecular complexity index is 1170. The normalized spacial score (nSPS) is 20.1. The fourth-order valence-electron chi connectivity index (χ4n) is 4.83. The zero-order valence-corrected chi connectivity index (χ0v) is 21.0. The number of hydrogen-bond acceptors (Lipinski definition) is 7. The molecule has 0 saturated carbocycles. The fourth-order valence-corrected chi connectivity index (χ4v) is 4.83. The molecule has 35 heavy (non-hydrogen) atoms. The van der Waals surface area contributed by atoms with E-state index in [1.54, 1.807) is 7.11 Å². The molecule has 2 aliphatic rings. The third-order valence-corrected chi connectivity index (χ3v) is 6.43. The molecule has 186 valence electrons. The number of methoxy groups -OCH3 is 1. The molecule has 1 N–H and O–H groups in total. The number of benzene rings is 1. The van der Waals surface area contributed by atoms with Gasteiger partial charge in [0.15, 0.2) is 5.78 Å². The van der Waals surface area contributed by atoms with Crippen LogP contribution in [-0.2, 0) is 19.1 Å². The van der Waals surface area contributed by atoms with Crippen LogP contribution in [0.4, 0.5) is 0 Å². The van der Waals surface area contributed by atoms with Gasteiger partial charge in [-0.25, -0.2) is 4.79 Å². The first kappa shape index (κ1) is 24.8. The predicted molar refractivity (Wildman–Crippen MR) is 131 cm³/mol. The van der Waals surface area contributed by atoms with Gasteiger partial charge < -0.3 is 23.9 Å². The molecule has 0 saturated heterocycles. The van der Waals surface area contributed by atoms with Crippen molar-refractivity contribution < 1.29 is 28.2 Å². The monoisotopic (exact) mass is 479 g/mol. The van der Waals surface area contributed by atoms with Gasteiger partial charge in [-0.1, -0.05) is 12.1 Å². The zero-order valence-electron chi connectivity index (χ0n) is 21.0. The van der Waals surface area contributed by atoms with E-state index in [9.17, 15) is 9.59 Å². The van der Waals surface area contributed by atoms with Crippen molar-refractivity contribution in [3.63, 3.8) is 0 Å².